The minimum atomic E-state index is -0.633. The third kappa shape index (κ3) is 4.32. The standard InChI is InChI=1S/C20H18ClN3O4/c1-3-28-15-7-5-14(6-8-15)24-11-10-17(25)19(23-24)20(26)22-13-4-9-18(27-2)16(21)12-13/h4-12H,3H2,1-2H3,(H,22,26). The van der Waals surface area contributed by atoms with E-state index in [1.165, 1.54) is 30.1 Å². The van der Waals surface area contributed by atoms with E-state index in [4.69, 9.17) is 21.1 Å². The van der Waals surface area contributed by atoms with Gasteiger partial charge in [-0.2, -0.15) is 5.10 Å². The predicted octanol–water partition coefficient (Wildman–Crippen LogP) is 3.55. The summed E-state index contributed by atoms with van der Waals surface area (Å²) in [5, 5.41) is 7.13. The second-order valence-corrected chi connectivity index (χ2v) is 6.11. The van der Waals surface area contributed by atoms with Crippen molar-refractivity contribution in [3.05, 3.63) is 75.7 Å². The maximum absolute atomic E-state index is 12.5. The van der Waals surface area contributed by atoms with Crippen molar-refractivity contribution in [1.82, 2.24) is 9.78 Å². The smallest absolute Gasteiger partial charge is 0.280 e. The number of aromatic nitrogens is 2. The molecule has 3 rings (SSSR count). The van der Waals surface area contributed by atoms with Crippen LogP contribution in [0, 0.1) is 0 Å². The quantitative estimate of drug-likeness (QED) is 0.685. The number of anilines is 1. The predicted molar refractivity (Wildman–Crippen MR) is 107 cm³/mol. The van der Waals surface area contributed by atoms with Crippen LogP contribution in [0.25, 0.3) is 5.69 Å². The normalized spacial score (nSPS) is 10.4. The lowest BCUT2D eigenvalue weighted by molar-refractivity contribution is 0.101. The Hall–Kier alpha value is -3.32. The number of methoxy groups -OCH3 is 1. The summed E-state index contributed by atoms with van der Waals surface area (Å²) in [5.74, 6) is 0.573. The minimum Gasteiger partial charge on any atom is -0.495 e. The Kier molecular flexibility index (Phi) is 5.96. The summed E-state index contributed by atoms with van der Waals surface area (Å²) in [6.07, 6.45) is 1.50. The van der Waals surface area contributed by atoms with Crippen molar-refractivity contribution in [2.45, 2.75) is 6.92 Å². The van der Waals surface area contributed by atoms with Gasteiger partial charge in [0.25, 0.3) is 5.91 Å². The number of ether oxygens (including phenoxy) is 2. The molecule has 0 fully saturated rings. The van der Waals surface area contributed by atoms with Crippen molar-refractivity contribution in [2.24, 2.45) is 0 Å². The van der Waals surface area contributed by atoms with Crippen LogP contribution in [-0.4, -0.2) is 29.4 Å². The summed E-state index contributed by atoms with van der Waals surface area (Å²) in [7, 11) is 1.50. The van der Waals surface area contributed by atoms with Gasteiger partial charge in [0.15, 0.2) is 5.69 Å². The highest BCUT2D eigenvalue weighted by atomic mass is 35.5. The van der Waals surface area contributed by atoms with Gasteiger partial charge in [0.05, 0.1) is 24.4 Å². The summed E-state index contributed by atoms with van der Waals surface area (Å²) in [5.41, 5.74) is 0.390. The SMILES string of the molecule is CCOc1ccc(-n2ccc(=O)c(C(=O)Nc3ccc(OC)c(Cl)c3)n2)cc1. The molecule has 8 heteroatoms. The highest BCUT2D eigenvalue weighted by Crippen LogP contribution is 2.27. The fourth-order valence-electron chi connectivity index (χ4n) is 2.50. The molecule has 7 nitrogen and oxygen atoms in total. The van der Waals surface area contributed by atoms with Crippen LogP contribution in [-0.2, 0) is 0 Å². The fraction of sp³-hybridized carbons (Fsp3) is 0.150. The molecule has 3 aromatic rings. The molecule has 0 aliphatic carbocycles. The number of nitrogens with zero attached hydrogens (tertiary/aromatic N) is 2. The zero-order chi connectivity index (χ0) is 20.1. The molecule has 0 bridgehead atoms. The second kappa shape index (κ2) is 8.58. The molecular formula is C20H18ClN3O4. The number of halogens is 1. The van der Waals surface area contributed by atoms with Gasteiger partial charge >= 0.3 is 0 Å². The highest BCUT2D eigenvalue weighted by Gasteiger charge is 2.14. The maximum atomic E-state index is 12.5. The van der Waals surface area contributed by atoms with Crippen molar-refractivity contribution in [2.75, 3.05) is 19.0 Å². The summed E-state index contributed by atoms with van der Waals surface area (Å²) in [6.45, 7) is 2.47. The largest absolute Gasteiger partial charge is 0.495 e. The topological polar surface area (TPSA) is 82.5 Å². The van der Waals surface area contributed by atoms with Gasteiger partial charge in [-0.3, -0.25) is 9.59 Å². The maximum Gasteiger partial charge on any atom is 0.280 e. The van der Waals surface area contributed by atoms with E-state index in [-0.39, 0.29) is 5.69 Å². The number of rotatable bonds is 6. The molecule has 0 saturated heterocycles. The van der Waals surface area contributed by atoms with Crippen LogP contribution in [0.5, 0.6) is 11.5 Å². The Labute approximate surface area is 166 Å². The lowest BCUT2D eigenvalue weighted by atomic mass is 10.2. The van der Waals surface area contributed by atoms with E-state index in [2.05, 4.69) is 10.4 Å². The highest BCUT2D eigenvalue weighted by molar-refractivity contribution is 6.32. The Morgan fingerprint density at radius 1 is 1.18 bits per heavy atom. The number of benzene rings is 2. The Morgan fingerprint density at radius 2 is 1.93 bits per heavy atom. The number of carbonyl (C=O) groups is 1. The second-order valence-electron chi connectivity index (χ2n) is 5.70. The van der Waals surface area contributed by atoms with E-state index in [9.17, 15) is 9.59 Å². The van der Waals surface area contributed by atoms with Gasteiger partial charge in [-0.1, -0.05) is 11.6 Å². The molecule has 0 saturated carbocycles. The van der Waals surface area contributed by atoms with Crippen molar-refractivity contribution < 1.29 is 14.3 Å². The average molecular weight is 400 g/mol. The Balaban J connectivity index is 1.85. The molecule has 1 N–H and O–H groups in total. The van der Waals surface area contributed by atoms with E-state index < -0.39 is 11.3 Å². The molecule has 1 aromatic heterocycles. The molecule has 0 atom stereocenters. The van der Waals surface area contributed by atoms with Crippen LogP contribution in [0.2, 0.25) is 5.02 Å². The average Bonchev–Trinajstić information content (AvgIpc) is 2.69. The minimum absolute atomic E-state index is 0.233. The van der Waals surface area contributed by atoms with Crippen molar-refractivity contribution in [3.8, 4) is 17.2 Å². The molecule has 0 spiro atoms. The van der Waals surface area contributed by atoms with Gasteiger partial charge in [-0.25, -0.2) is 4.68 Å². The molecule has 0 radical (unpaired) electrons. The number of nitrogens with one attached hydrogen (secondary N) is 1. The third-order valence-corrected chi connectivity index (χ3v) is 4.14. The number of hydrogen-bond acceptors (Lipinski definition) is 5. The molecule has 2 aromatic carbocycles. The van der Waals surface area contributed by atoms with Crippen molar-refractivity contribution in [1.29, 1.82) is 0 Å². The summed E-state index contributed by atoms with van der Waals surface area (Å²) in [6, 6.07) is 13.2. The molecule has 0 aliphatic rings. The number of carbonyl (C=O) groups excluding carboxylic acids is 1. The zero-order valence-electron chi connectivity index (χ0n) is 15.3. The van der Waals surface area contributed by atoms with Crippen molar-refractivity contribution >= 4 is 23.2 Å². The number of amides is 1. The van der Waals surface area contributed by atoms with E-state index in [0.29, 0.717) is 28.8 Å². The fourth-order valence-corrected chi connectivity index (χ4v) is 2.76. The summed E-state index contributed by atoms with van der Waals surface area (Å²) < 4.78 is 11.9. The van der Waals surface area contributed by atoms with Crippen LogP contribution in [0.3, 0.4) is 0 Å². The first-order valence-corrected chi connectivity index (χ1v) is 8.87. The lowest BCUT2D eigenvalue weighted by Crippen LogP contribution is -2.25. The summed E-state index contributed by atoms with van der Waals surface area (Å²) in [4.78, 5) is 24.7. The lowest BCUT2D eigenvalue weighted by Gasteiger charge is -2.10. The molecular weight excluding hydrogens is 382 g/mol. The van der Waals surface area contributed by atoms with Gasteiger partial charge in [-0.15, -0.1) is 0 Å². The number of hydrogen-bond donors (Lipinski definition) is 1. The van der Waals surface area contributed by atoms with Gasteiger partial charge in [0.1, 0.15) is 11.5 Å². The van der Waals surface area contributed by atoms with E-state index in [1.54, 1.807) is 36.4 Å². The third-order valence-electron chi connectivity index (χ3n) is 3.85. The monoisotopic (exact) mass is 399 g/mol. The van der Waals surface area contributed by atoms with Crippen LogP contribution in [0.4, 0.5) is 5.69 Å². The first kappa shape index (κ1) is 19.4. The Bertz CT molecular complexity index is 1050. The molecule has 28 heavy (non-hydrogen) atoms. The van der Waals surface area contributed by atoms with E-state index >= 15 is 0 Å². The first-order valence-electron chi connectivity index (χ1n) is 8.50. The van der Waals surface area contributed by atoms with Crippen LogP contribution in [0.1, 0.15) is 17.4 Å². The molecule has 0 unspecified atom stereocenters. The molecule has 1 heterocycles. The first-order chi connectivity index (χ1) is 13.5. The van der Waals surface area contributed by atoms with E-state index in [1.807, 2.05) is 6.92 Å². The van der Waals surface area contributed by atoms with Gasteiger partial charge in [-0.05, 0) is 49.4 Å². The zero-order valence-corrected chi connectivity index (χ0v) is 16.1. The summed E-state index contributed by atoms with van der Waals surface area (Å²) >= 11 is 6.06. The molecule has 0 aliphatic heterocycles. The van der Waals surface area contributed by atoms with Crippen LogP contribution < -0.4 is 20.2 Å². The molecule has 1 amide bonds. The van der Waals surface area contributed by atoms with Gasteiger partial charge in [0, 0.05) is 18.0 Å². The Morgan fingerprint density at radius 3 is 2.57 bits per heavy atom. The van der Waals surface area contributed by atoms with Crippen molar-refractivity contribution in [3.63, 3.8) is 0 Å². The van der Waals surface area contributed by atoms with E-state index in [0.717, 1.165) is 5.75 Å². The van der Waals surface area contributed by atoms with Crippen LogP contribution >= 0.6 is 11.6 Å². The van der Waals surface area contributed by atoms with Crippen LogP contribution in [0.15, 0.2) is 59.5 Å². The van der Waals surface area contributed by atoms with Gasteiger partial charge < -0.3 is 14.8 Å². The van der Waals surface area contributed by atoms with Gasteiger partial charge in [0.2, 0.25) is 5.43 Å². The molecule has 144 valence electrons.